The van der Waals surface area contributed by atoms with Gasteiger partial charge in [-0.15, -0.1) is 10.2 Å². The molecule has 5 rings (SSSR count). The fourth-order valence-electron chi connectivity index (χ4n) is 4.08. The number of hydrogen-bond acceptors (Lipinski definition) is 7. The molecule has 1 amide bonds. The standard InChI is InChI=1S/C25H22F3N7O2/c1-35-22(33-34-23(35)20-7-9-29-14-31-20)13-30-17-4-2-3-15(11-17)24(36)32-19-8-10-37-21-6-5-16(12-18(19)21)25(26,27)28/h2-7,9,11-12,14,19,30H,8,10,13H2,1H3,(H,32,36)/t19-/m1/s1. The summed E-state index contributed by atoms with van der Waals surface area (Å²) >= 11 is 0. The number of rotatable bonds is 6. The molecule has 0 aliphatic carbocycles. The highest BCUT2D eigenvalue weighted by molar-refractivity contribution is 5.95. The summed E-state index contributed by atoms with van der Waals surface area (Å²) in [6.07, 6.45) is -1.07. The third kappa shape index (κ3) is 5.22. The smallest absolute Gasteiger partial charge is 0.416 e. The van der Waals surface area contributed by atoms with Gasteiger partial charge in [0, 0.05) is 36.5 Å². The van der Waals surface area contributed by atoms with Crippen molar-refractivity contribution in [1.29, 1.82) is 0 Å². The van der Waals surface area contributed by atoms with Gasteiger partial charge in [0.05, 0.1) is 24.8 Å². The first kappa shape index (κ1) is 24.2. The number of carbonyl (C=O) groups is 1. The molecule has 1 atom stereocenters. The van der Waals surface area contributed by atoms with Crippen LogP contribution in [0.5, 0.6) is 5.75 Å². The molecule has 1 aliphatic rings. The summed E-state index contributed by atoms with van der Waals surface area (Å²) in [6.45, 7) is 0.632. The lowest BCUT2D eigenvalue weighted by Gasteiger charge is -2.27. The highest BCUT2D eigenvalue weighted by Gasteiger charge is 2.33. The monoisotopic (exact) mass is 509 g/mol. The Bertz CT molecular complexity index is 1420. The fraction of sp³-hybridized carbons (Fsp3) is 0.240. The van der Waals surface area contributed by atoms with Crippen LogP contribution in [0.25, 0.3) is 11.5 Å². The zero-order valence-electron chi connectivity index (χ0n) is 19.7. The van der Waals surface area contributed by atoms with Crippen LogP contribution < -0.4 is 15.4 Å². The Morgan fingerprint density at radius 2 is 2.03 bits per heavy atom. The quantitative estimate of drug-likeness (QED) is 0.402. The van der Waals surface area contributed by atoms with Crippen LogP contribution in [0.2, 0.25) is 0 Å². The molecular weight excluding hydrogens is 487 g/mol. The predicted octanol–water partition coefficient (Wildman–Crippen LogP) is 4.16. The summed E-state index contributed by atoms with van der Waals surface area (Å²) in [5, 5.41) is 14.5. The molecule has 2 aromatic carbocycles. The zero-order valence-corrected chi connectivity index (χ0v) is 19.7. The number of carbonyl (C=O) groups excluding carboxylic acids is 1. The highest BCUT2D eigenvalue weighted by atomic mass is 19.4. The minimum atomic E-state index is -4.49. The molecule has 2 aromatic heterocycles. The Labute approximate surface area is 209 Å². The molecule has 0 saturated carbocycles. The molecule has 0 unspecified atom stereocenters. The van der Waals surface area contributed by atoms with E-state index in [1.807, 2.05) is 11.6 Å². The maximum absolute atomic E-state index is 13.2. The van der Waals surface area contributed by atoms with Crippen LogP contribution in [-0.2, 0) is 19.8 Å². The lowest BCUT2D eigenvalue weighted by Crippen LogP contribution is -2.32. The molecule has 2 N–H and O–H groups in total. The van der Waals surface area contributed by atoms with E-state index >= 15 is 0 Å². The van der Waals surface area contributed by atoms with E-state index in [0.717, 1.165) is 12.1 Å². The third-order valence-electron chi connectivity index (χ3n) is 6.03. The van der Waals surface area contributed by atoms with E-state index in [-0.39, 0.29) is 0 Å². The lowest BCUT2D eigenvalue weighted by molar-refractivity contribution is -0.137. The second-order valence-electron chi connectivity index (χ2n) is 8.44. The van der Waals surface area contributed by atoms with E-state index in [1.165, 1.54) is 12.4 Å². The molecule has 1 aliphatic heterocycles. The molecule has 0 spiro atoms. The Morgan fingerprint density at radius 1 is 1.16 bits per heavy atom. The second-order valence-corrected chi connectivity index (χ2v) is 8.44. The summed E-state index contributed by atoms with van der Waals surface area (Å²) in [6, 6.07) is 11.3. The van der Waals surface area contributed by atoms with Gasteiger partial charge < -0.3 is 19.9 Å². The highest BCUT2D eigenvalue weighted by Crippen LogP contribution is 2.38. The van der Waals surface area contributed by atoms with Gasteiger partial charge in [0.2, 0.25) is 0 Å². The number of ether oxygens (including phenoxy) is 1. The van der Waals surface area contributed by atoms with Crippen LogP contribution in [-0.4, -0.2) is 37.2 Å². The van der Waals surface area contributed by atoms with Crippen LogP contribution >= 0.6 is 0 Å². The number of fused-ring (bicyclic) bond motifs is 1. The Hall–Kier alpha value is -4.48. The second kappa shape index (κ2) is 9.88. The maximum atomic E-state index is 13.2. The normalized spacial score (nSPS) is 15.0. The SMILES string of the molecule is Cn1c(CNc2cccc(C(=O)N[C@@H]3CCOc4ccc(C(F)(F)F)cc43)c2)nnc1-c1ccncn1. The van der Waals surface area contributed by atoms with Gasteiger partial charge in [-0.1, -0.05) is 6.07 Å². The van der Waals surface area contributed by atoms with Crippen LogP contribution in [0, 0.1) is 0 Å². The van der Waals surface area contributed by atoms with Crippen molar-refractivity contribution in [3.8, 4) is 17.3 Å². The number of amides is 1. The van der Waals surface area contributed by atoms with Gasteiger partial charge in [0.15, 0.2) is 11.6 Å². The molecule has 3 heterocycles. The average molecular weight is 509 g/mol. The van der Waals surface area contributed by atoms with Crippen molar-refractivity contribution in [2.75, 3.05) is 11.9 Å². The number of anilines is 1. The summed E-state index contributed by atoms with van der Waals surface area (Å²) < 4.78 is 46.9. The van der Waals surface area contributed by atoms with Crippen LogP contribution in [0.4, 0.5) is 18.9 Å². The van der Waals surface area contributed by atoms with Gasteiger partial charge in [-0.3, -0.25) is 4.79 Å². The van der Waals surface area contributed by atoms with Gasteiger partial charge in [0.1, 0.15) is 17.8 Å². The molecule has 12 heteroatoms. The summed E-state index contributed by atoms with van der Waals surface area (Å²) in [4.78, 5) is 21.1. The van der Waals surface area contributed by atoms with Crippen LogP contribution in [0.3, 0.4) is 0 Å². The van der Waals surface area contributed by atoms with Gasteiger partial charge in [0.25, 0.3) is 5.91 Å². The summed E-state index contributed by atoms with van der Waals surface area (Å²) in [5.41, 5.74) is 1.21. The van der Waals surface area contributed by atoms with E-state index in [2.05, 4.69) is 30.8 Å². The molecule has 0 saturated heterocycles. The van der Waals surface area contributed by atoms with Crippen molar-refractivity contribution >= 4 is 11.6 Å². The Kier molecular flexibility index (Phi) is 6.47. The van der Waals surface area contributed by atoms with E-state index in [0.29, 0.717) is 59.5 Å². The van der Waals surface area contributed by atoms with Crippen molar-refractivity contribution in [3.63, 3.8) is 0 Å². The molecule has 0 fully saturated rings. The number of nitrogens with one attached hydrogen (secondary N) is 2. The van der Waals surface area contributed by atoms with E-state index in [9.17, 15) is 18.0 Å². The van der Waals surface area contributed by atoms with Crippen LogP contribution in [0.15, 0.2) is 61.1 Å². The van der Waals surface area contributed by atoms with E-state index < -0.39 is 23.7 Å². The molecular formula is C25H22F3N7O2. The molecule has 190 valence electrons. The first-order valence-electron chi connectivity index (χ1n) is 11.4. The first-order valence-corrected chi connectivity index (χ1v) is 11.4. The van der Waals surface area contributed by atoms with Crippen molar-refractivity contribution in [1.82, 2.24) is 30.0 Å². The van der Waals surface area contributed by atoms with Gasteiger partial charge in [-0.25, -0.2) is 9.97 Å². The number of nitrogens with zero attached hydrogens (tertiary/aromatic N) is 5. The number of benzene rings is 2. The Morgan fingerprint density at radius 3 is 2.81 bits per heavy atom. The van der Waals surface area contributed by atoms with Crippen LogP contribution in [0.1, 0.15) is 39.8 Å². The van der Waals surface area contributed by atoms with E-state index in [4.69, 9.17) is 4.74 Å². The van der Waals surface area contributed by atoms with Crippen molar-refractivity contribution in [2.45, 2.75) is 25.2 Å². The summed E-state index contributed by atoms with van der Waals surface area (Å²) in [5.74, 6) is 1.19. The van der Waals surface area contributed by atoms with Crippen molar-refractivity contribution in [3.05, 3.63) is 83.6 Å². The van der Waals surface area contributed by atoms with Gasteiger partial charge >= 0.3 is 6.18 Å². The number of alkyl halides is 3. The minimum absolute atomic E-state index is 0.291. The first-order chi connectivity index (χ1) is 17.8. The number of aromatic nitrogens is 5. The van der Waals surface area contributed by atoms with Crippen molar-refractivity contribution in [2.24, 2.45) is 7.05 Å². The minimum Gasteiger partial charge on any atom is -0.493 e. The maximum Gasteiger partial charge on any atom is 0.416 e. The topological polar surface area (TPSA) is 107 Å². The zero-order chi connectivity index (χ0) is 26.0. The number of hydrogen-bond donors (Lipinski definition) is 2. The molecule has 9 nitrogen and oxygen atoms in total. The molecule has 0 radical (unpaired) electrons. The summed E-state index contributed by atoms with van der Waals surface area (Å²) in [7, 11) is 1.83. The van der Waals surface area contributed by atoms with Gasteiger partial charge in [-0.05, 0) is 42.5 Å². The molecule has 37 heavy (non-hydrogen) atoms. The molecule has 4 aromatic rings. The third-order valence-corrected chi connectivity index (χ3v) is 6.03. The van der Waals surface area contributed by atoms with Crippen molar-refractivity contribution < 1.29 is 22.7 Å². The molecule has 0 bridgehead atoms. The van der Waals surface area contributed by atoms with Gasteiger partial charge in [-0.2, -0.15) is 13.2 Å². The fourth-order valence-corrected chi connectivity index (χ4v) is 4.08. The number of halogens is 3. The predicted molar refractivity (Wildman–Crippen MR) is 128 cm³/mol. The Balaban J connectivity index is 1.28. The van der Waals surface area contributed by atoms with E-state index in [1.54, 1.807) is 36.5 Å². The largest absolute Gasteiger partial charge is 0.493 e. The average Bonchev–Trinajstić information content (AvgIpc) is 3.27. The lowest BCUT2D eigenvalue weighted by atomic mass is 9.97.